The molecule has 1 amide bonds. The van der Waals surface area contributed by atoms with Gasteiger partial charge in [-0.3, -0.25) is 0 Å². The lowest BCUT2D eigenvalue weighted by atomic mass is 9.97. The van der Waals surface area contributed by atoms with E-state index in [1.165, 1.54) is 0 Å². The van der Waals surface area contributed by atoms with Gasteiger partial charge in [-0.2, -0.15) is 0 Å². The van der Waals surface area contributed by atoms with Crippen LogP contribution in [0.15, 0.2) is 0 Å². The Bertz CT molecular complexity index is 230. The molecule has 2 N–H and O–H groups in total. The summed E-state index contributed by atoms with van der Waals surface area (Å²) >= 11 is 0. The molecule has 0 aromatic rings. The first-order valence-electron chi connectivity index (χ1n) is 6.12. The normalized spacial score (nSPS) is 22.9. The highest BCUT2D eigenvalue weighted by atomic mass is 16.6. The first-order valence-corrected chi connectivity index (χ1v) is 6.12. The number of hydrogen-bond donors (Lipinski definition) is 2. The number of hydrogen-bond acceptors (Lipinski definition) is 3. The second kappa shape index (κ2) is 5.53. The Kier molecular flexibility index (Phi) is 4.59. The topological polar surface area (TPSA) is 50.4 Å². The van der Waals surface area contributed by atoms with Gasteiger partial charge >= 0.3 is 6.09 Å². The van der Waals surface area contributed by atoms with Gasteiger partial charge in [0.1, 0.15) is 5.60 Å². The molecule has 1 heterocycles. The van der Waals surface area contributed by atoms with E-state index in [1.807, 2.05) is 20.8 Å². The molecule has 4 nitrogen and oxygen atoms in total. The minimum Gasteiger partial charge on any atom is -0.444 e. The first kappa shape index (κ1) is 13.3. The van der Waals surface area contributed by atoms with Crippen molar-refractivity contribution in [1.82, 2.24) is 10.6 Å². The minimum atomic E-state index is -0.420. The van der Waals surface area contributed by atoms with E-state index in [9.17, 15) is 4.79 Å². The molecule has 16 heavy (non-hydrogen) atoms. The van der Waals surface area contributed by atoms with E-state index in [2.05, 4.69) is 17.6 Å². The van der Waals surface area contributed by atoms with Crippen LogP contribution in [-0.2, 0) is 4.74 Å². The van der Waals surface area contributed by atoms with E-state index < -0.39 is 5.60 Å². The Morgan fingerprint density at radius 1 is 1.56 bits per heavy atom. The van der Waals surface area contributed by atoms with Crippen molar-refractivity contribution in [2.24, 2.45) is 5.92 Å². The summed E-state index contributed by atoms with van der Waals surface area (Å²) in [5.74, 6) is 0.539. The van der Waals surface area contributed by atoms with Gasteiger partial charge in [-0.05, 0) is 52.6 Å². The van der Waals surface area contributed by atoms with Crippen LogP contribution in [0.4, 0.5) is 4.79 Å². The van der Waals surface area contributed by atoms with Crippen molar-refractivity contribution < 1.29 is 9.53 Å². The van der Waals surface area contributed by atoms with Crippen molar-refractivity contribution in [2.45, 2.75) is 52.2 Å². The van der Waals surface area contributed by atoms with Gasteiger partial charge in [0.25, 0.3) is 0 Å². The molecule has 4 heteroatoms. The van der Waals surface area contributed by atoms with Gasteiger partial charge < -0.3 is 15.4 Å². The van der Waals surface area contributed by atoms with E-state index in [0.29, 0.717) is 5.92 Å². The number of ether oxygens (including phenoxy) is 1. The van der Waals surface area contributed by atoms with Crippen LogP contribution in [0.2, 0.25) is 0 Å². The van der Waals surface area contributed by atoms with Crippen LogP contribution in [0.25, 0.3) is 0 Å². The Balaban J connectivity index is 2.40. The summed E-state index contributed by atoms with van der Waals surface area (Å²) < 4.78 is 5.26. The van der Waals surface area contributed by atoms with Crippen molar-refractivity contribution in [2.75, 3.05) is 13.1 Å². The SMILES string of the molecule is CCC(NC(=O)OC(C)(C)C)C1CCNC1. The smallest absolute Gasteiger partial charge is 0.407 e. The Labute approximate surface area is 98.1 Å². The summed E-state index contributed by atoms with van der Waals surface area (Å²) in [6, 6.07) is 0.227. The van der Waals surface area contributed by atoms with Crippen LogP contribution >= 0.6 is 0 Å². The molecule has 0 radical (unpaired) electrons. The lowest BCUT2D eigenvalue weighted by Crippen LogP contribution is -2.43. The van der Waals surface area contributed by atoms with Crippen molar-refractivity contribution in [3.8, 4) is 0 Å². The van der Waals surface area contributed by atoms with Crippen LogP contribution in [0.1, 0.15) is 40.5 Å². The lowest BCUT2D eigenvalue weighted by Gasteiger charge is -2.26. The highest BCUT2D eigenvalue weighted by Gasteiger charge is 2.26. The summed E-state index contributed by atoms with van der Waals surface area (Å²) in [4.78, 5) is 11.6. The van der Waals surface area contributed by atoms with E-state index in [1.54, 1.807) is 0 Å². The molecule has 1 rings (SSSR count). The quantitative estimate of drug-likeness (QED) is 0.775. The predicted molar refractivity (Wildman–Crippen MR) is 64.4 cm³/mol. The van der Waals surface area contributed by atoms with Gasteiger partial charge in [0.15, 0.2) is 0 Å². The van der Waals surface area contributed by atoms with Crippen molar-refractivity contribution in [1.29, 1.82) is 0 Å². The monoisotopic (exact) mass is 228 g/mol. The maximum absolute atomic E-state index is 11.6. The summed E-state index contributed by atoms with van der Waals surface area (Å²) in [5.41, 5.74) is -0.420. The summed E-state index contributed by atoms with van der Waals surface area (Å²) in [5, 5.41) is 6.28. The predicted octanol–water partition coefficient (Wildman–Crippen LogP) is 1.90. The zero-order chi connectivity index (χ0) is 12.2. The van der Waals surface area contributed by atoms with Crippen molar-refractivity contribution in [3.05, 3.63) is 0 Å². The largest absolute Gasteiger partial charge is 0.444 e. The van der Waals surface area contributed by atoms with E-state index in [-0.39, 0.29) is 12.1 Å². The molecule has 0 saturated carbocycles. The lowest BCUT2D eigenvalue weighted by molar-refractivity contribution is 0.0486. The maximum atomic E-state index is 11.6. The zero-order valence-electron chi connectivity index (χ0n) is 10.8. The molecule has 0 spiro atoms. The molecule has 0 aromatic carbocycles. The molecule has 1 aliphatic heterocycles. The van der Waals surface area contributed by atoms with Crippen LogP contribution in [0.5, 0.6) is 0 Å². The van der Waals surface area contributed by atoms with Gasteiger partial charge in [-0.15, -0.1) is 0 Å². The fourth-order valence-electron chi connectivity index (χ4n) is 2.03. The minimum absolute atomic E-state index is 0.227. The van der Waals surface area contributed by atoms with Crippen LogP contribution in [0, 0.1) is 5.92 Å². The van der Waals surface area contributed by atoms with Gasteiger partial charge in [-0.1, -0.05) is 6.92 Å². The third-order valence-corrected chi connectivity index (χ3v) is 2.81. The second-order valence-corrected chi connectivity index (χ2v) is 5.41. The molecular formula is C12H24N2O2. The fourth-order valence-corrected chi connectivity index (χ4v) is 2.03. The van der Waals surface area contributed by atoms with E-state index >= 15 is 0 Å². The highest BCUT2D eigenvalue weighted by Crippen LogP contribution is 2.16. The fraction of sp³-hybridized carbons (Fsp3) is 0.917. The number of alkyl carbamates (subject to hydrolysis) is 1. The molecule has 1 saturated heterocycles. The second-order valence-electron chi connectivity index (χ2n) is 5.41. The van der Waals surface area contributed by atoms with Gasteiger partial charge in [0.2, 0.25) is 0 Å². The maximum Gasteiger partial charge on any atom is 0.407 e. The summed E-state index contributed by atoms with van der Waals surface area (Å²) in [6.07, 6.45) is 1.78. The standard InChI is InChI=1S/C12H24N2O2/c1-5-10(9-6-7-13-8-9)14-11(15)16-12(2,3)4/h9-10,13H,5-8H2,1-4H3,(H,14,15). The summed E-state index contributed by atoms with van der Waals surface area (Å²) in [6.45, 7) is 9.78. The number of nitrogens with one attached hydrogen (secondary N) is 2. The number of carbonyl (C=O) groups excluding carboxylic acids is 1. The average molecular weight is 228 g/mol. The molecule has 2 atom stereocenters. The first-order chi connectivity index (χ1) is 7.42. The van der Waals surface area contributed by atoms with Gasteiger partial charge in [0.05, 0.1) is 0 Å². The zero-order valence-corrected chi connectivity index (χ0v) is 10.8. The molecular weight excluding hydrogens is 204 g/mol. The average Bonchev–Trinajstić information content (AvgIpc) is 2.63. The molecule has 0 bridgehead atoms. The molecule has 1 fully saturated rings. The highest BCUT2D eigenvalue weighted by molar-refractivity contribution is 5.68. The number of rotatable bonds is 3. The Morgan fingerprint density at radius 2 is 2.25 bits per heavy atom. The number of carbonyl (C=O) groups is 1. The van der Waals surface area contributed by atoms with Crippen LogP contribution in [0.3, 0.4) is 0 Å². The molecule has 0 aromatic heterocycles. The van der Waals surface area contributed by atoms with Crippen LogP contribution in [-0.4, -0.2) is 30.8 Å². The summed E-state index contributed by atoms with van der Waals surface area (Å²) in [7, 11) is 0. The van der Waals surface area contributed by atoms with Gasteiger partial charge in [0, 0.05) is 6.04 Å². The van der Waals surface area contributed by atoms with Crippen LogP contribution < -0.4 is 10.6 Å². The van der Waals surface area contributed by atoms with E-state index in [0.717, 1.165) is 25.9 Å². The Hall–Kier alpha value is -0.770. The molecule has 1 aliphatic rings. The van der Waals surface area contributed by atoms with Crippen molar-refractivity contribution in [3.63, 3.8) is 0 Å². The number of amides is 1. The van der Waals surface area contributed by atoms with E-state index in [4.69, 9.17) is 4.74 Å². The molecule has 2 unspecified atom stereocenters. The Morgan fingerprint density at radius 3 is 2.69 bits per heavy atom. The molecule has 94 valence electrons. The third kappa shape index (κ3) is 4.39. The van der Waals surface area contributed by atoms with Gasteiger partial charge in [-0.25, -0.2) is 4.79 Å². The van der Waals surface area contributed by atoms with Crippen molar-refractivity contribution >= 4 is 6.09 Å². The third-order valence-electron chi connectivity index (χ3n) is 2.81. The molecule has 0 aliphatic carbocycles.